The van der Waals surface area contributed by atoms with E-state index in [1.807, 2.05) is 0 Å². The fourth-order valence-electron chi connectivity index (χ4n) is 3.52. The van der Waals surface area contributed by atoms with Crippen molar-refractivity contribution in [1.29, 1.82) is 0 Å². The van der Waals surface area contributed by atoms with Gasteiger partial charge in [-0.2, -0.15) is 0 Å². The molecule has 0 spiro atoms. The molecule has 1 aromatic heterocycles. The number of benzene rings is 2. The van der Waals surface area contributed by atoms with E-state index in [1.165, 1.54) is 28.1 Å². The SMILES string of the molecule is c1ccc2c(c1)N[C@H](c1ccc3c(c1)CCO3)n1cccc1-2. The topological polar surface area (TPSA) is 26.2 Å². The first-order valence-electron chi connectivity index (χ1n) is 7.68. The van der Waals surface area contributed by atoms with Crippen molar-refractivity contribution in [3.63, 3.8) is 0 Å². The van der Waals surface area contributed by atoms with Crippen LogP contribution in [0.2, 0.25) is 0 Å². The summed E-state index contributed by atoms with van der Waals surface area (Å²) in [5.74, 6) is 1.03. The number of para-hydroxylation sites is 1. The molecule has 2 aliphatic rings. The van der Waals surface area contributed by atoms with Crippen LogP contribution >= 0.6 is 0 Å². The summed E-state index contributed by atoms with van der Waals surface area (Å²) >= 11 is 0. The van der Waals surface area contributed by atoms with Gasteiger partial charge in [-0.25, -0.2) is 0 Å². The Bertz CT molecular complexity index is 865. The molecule has 1 N–H and O–H groups in total. The van der Waals surface area contributed by atoms with Gasteiger partial charge in [-0.3, -0.25) is 0 Å². The lowest BCUT2D eigenvalue weighted by Crippen LogP contribution is -2.23. The van der Waals surface area contributed by atoms with Gasteiger partial charge in [0.15, 0.2) is 0 Å². The van der Waals surface area contributed by atoms with E-state index in [-0.39, 0.29) is 6.17 Å². The van der Waals surface area contributed by atoms with Gasteiger partial charge in [0.1, 0.15) is 11.9 Å². The van der Waals surface area contributed by atoms with Gasteiger partial charge in [0.05, 0.1) is 12.3 Å². The van der Waals surface area contributed by atoms with Crippen molar-refractivity contribution in [2.75, 3.05) is 11.9 Å². The average molecular weight is 288 g/mol. The summed E-state index contributed by atoms with van der Waals surface area (Å²) in [4.78, 5) is 0. The molecule has 2 aromatic carbocycles. The Balaban J connectivity index is 1.65. The summed E-state index contributed by atoms with van der Waals surface area (Å²) in [7, 11) is 0. The third kappa shape index (κ3) is 1.62. The first-order chi connectivity index (χ1) is 10.9. The number of rotatable bonds is 1. The van der Waals surface area contributed by atoms with Crippen LogP contribution in [0.15, 0.2) is 60.8 Å². The third-order valence-electron chi connectivity index (χ3n) is 4.58. The Hall–Kier alpha value is -2.68. The molecule has 0 bridgehead atoms. The highest BCUT2D eigenvalue weighted by Gasteiger charge is 2.25. The second-order valence-electron chi connectivity index (χ2n) is 5.86. The second kappa shape index (κ2) is 4.41. The van der Waals surface area contributed by atoms with Crippen molar-refractivity contribution in [1.82, 2.24) is 4.57 Å². The molecule has 0 aliphatic carbocycles. The Morgan fingerprint density at radius 2 is 2.00 bits per heavy atom. The number of hydrogen-bond acceptors (Lipinski definition) is 2. The molecule has 3 aromatic rings. The van der Waals surface area contributed by atoms with Crippen molar-refractivity contribution in [3.8, 4) is 17.0 Å². The number of nitrogens with one attached hydrogen (secondary N) is 1. The molecule has 108 valence electrons. The van der Waals surface area contributed by atoms with E-state index in [0.717, 1.165) is 18.8 Å². The molecule has 1 atom stereocenters. The first-order valence-corrected chi connectivity index (χ1v) is 7.68. The zero-order valence-corrected chi connectivity index (χ0v) is 12.1. The minimum atomic E-state index is 0.130. The fourth-order valence-corrected chi connectivity index (χ4v) is 3.52. The largest absolute Gasteiger partial charge is 0.493 e. The highest BCUT2D eigenvalue weighted by Crippen LogP contribution is 2.39. The van der Waals surface area contributed by atoms with Gasteiger partial charge in [-0.1, -0.05) is 24.3 Å². The number of anilines is 1. The molecule has 5 rings (SSSR count). The minimum Gasteiger partial charge on any atom is -0.493 e. The summed E-state index contributed by atoms with van der Waals surface area (Å²) in [6.45, 7) is 0.800. The highest BCUT2D eigenvalue weighted by atomic mass is 16.5. The average Bonchev–Trinajstić information content (AvgIpc) is 3.22. The van der Waals surface area contributed by atoms with Gasteiger partial charge in [0.25, 0.3) is 0 Å². The number of nitrogens with zero attached hydrogens (tertiary/aromatic N) is 1. The first kappa shape index (κ1) is 11.9. The molecule has 0 unspecified atom stereocenters. The Labute approximate surface area is 129 Å². The number of aromatic nitrogens is 1. The van der Waals surface area contributed by atoms with E-state index in [0.29, 0.717) is 0 Å². The van der Waals surface area contributed by atoms with Crippen LogP contribution in [0, 0.1) is 0 Å². The molecule has 0 radical (unpaired) electrons. The number of fused-ring (bicyclic) bond motifs is 4. The lowest BCUT2D eigenvalue weighted by molar-refractivity contribution is 0.357. The molecular formula is C19H16N2O. The van der Waals surface area contributed by atoms with Crippen molar-refractivity contribution >= 4 is 5.69 Å². The van der Waals surface area contributed by atoms with Crippen LogP contribution in [-0.2, 0) is 6.42 Å². The highest BCUT2D eigenvalue weighted by molar-refractivity contribution is 5.78. The van der Waals surface area contributed by atoms with Crippen molar-refractivity contribution in [2.45, 2.75) is 12.6 Å². The molecule has 22 heavy (non-hydrogen) atoms. The third-order valence-corrected chi connectivity index (χ3v) is 4.58. The molecule has 0 saturated heterocycles. The van der Waals surface area contributed by atoms with Crippen LogP contribution in [0.1, 0.15) is 17.3 Å². The predicted octanol–water partition coefficient (Wildman–Crippen LogP) is 4.06. The Morgan fingerprint density at radius 3 is 3.00 bits per heavy atom. The lowest BCUT2D eigenvalue weighted by atomic mass is 10.0. The van der Waals surface area contributed by atoms with Crippen molar-refractivity contribution < 1.29 is 4.74 Å². The summed E-state index contributed by atoms with van der Waals surface area (Å²) < 4.78 is 7.93. The van der Waals surface area contributed by atoms with Gasteiger partial charge in [0.2, 0.25) is 0 Å². The normalized spacial score (nSPS) is 17.9. The van der Waals surface area contributed by atoms with Crippen LogP contribution in [0.5, 0.6) is 5.75 Å². The van der Waals surface area contributed by atoms with E-state index in [2.05, 4.69) is 70.7 Å². The molecule has 3 heterocycles. The minimum absolute atomic E-state index is 0.130. The van der Waals surface area contributed by atoms with Gasteiger partial charge >= 0.3 is 0 Å². The van der Waals surface area contributed by atoms with Gasteiger partial charge < -0.3 is 14.6 Å². The van der Waals surface area contributed by atoms with Crippen LogP contribution < -0.4 is 10.1 Å². The van der Waals surface area contributed by atoms with Crippen LogP contribution in [0.4, 0.5) is 5.69 Å². The zero-order chi connectivity index (χ0) is 14.5. The summed E-state index contributed by atoms with van der Waals surface area (Å²) in [6, 6.07) is 19.3. The van der Waals surface area contributed by atoms with Crippen LogP contribution in [0.25, 0.3) is 11.3 Å². The van der Waals surface area contributed by atoms with Crippen molar-refractivity contribution in [2.24, 2.45) is 0 Å². The summed E-state index contributed by atoms with van der Waals surface area (Å²) in [5, 5.41) is 3.67. The maximum absolute atomic E-state index is 5.62. The quantitative estimate of drug-likeness (QED) is 0.730. The maximum Gasteiger partial charge on any atom is 0.129 e. The zero-order valence-electron chi connectivity index (χ0n) is 12.1. The van der Waals surface area contributed by atoms with E-state index >= 15 is 0 Å². The van der Waals surface area contributed by atoms with E-state index < -0.39 is 0 Å². The molecule has 3 nitrogen and oxygen atoms in total. The van der Waals surface area contributed by atoms with E-state index in [9.17, 15) is 0 Å². The number of ether oxygens (including phenoxy) is 1. The van der Waals surface area contributed by atoms with Crippen LogP contribution in [-0.4, -0.2) is 11.2 Å². The smallest absolute Gasteiger partial charge is 0.129 e. The lowest BCUT2D eigenvalue weighted by Gasteiger charge is -2.31. The molecule has 2 aliphatic heterocycles. The van der Waals surface area contributed by atoms with Gasteiger partial charge in [0, 0.05) is 23.9 Å². The Morgan fingerprint density at radius 1 is 1.05 bits per heavy atom. The standard InChI is InChI=1S/C19H16N2O/c1-2-5-16-15(4-1)17-6-3-10-21(17)19(20-16)14-7-8-18-13(12-14)9-11-22-18/h1-8,10,12,19-20H,9,11H2/t19-/m0/s1. The molecule has 0 saturated carbocycles. The van der Waals surface area contributed by atoms with Crippen LogP contribution in [0.3, 0.4) is 0 Å². The molecule has 0 amide bonds. The predicted molar refractivity (Wildman–Crippen MR) is 87.3 cm³/mol. The Kier molecular flexibility index (Phi) is 2.39. The molecule has 0 fully saturated rings. The van der Waals surface area contributed by atoms with E-state index in [4.69, 9.17) is 4.74 Å². The monoisotopic (exact) mass is 288 g/mol. The van der Waals surface area contributed by atoms with Gasteiger partial charge in [-0.15, -0.1) is 0 Å². The van der Waals surface area contributed by atoms with Crippen molar-refractivity contribution in [3.05, 3.63) is 71.9 Å². The second-order valence-corrected chi connectivity index (χ2v) is 5.86. The number of hydrogen-bond donors (Lipinski definition) is 1. The molecule has 3 heteroatoms. The maximum atomic E-state index is 5.62. The van der Waals surface area contributed by atoms with E-state index in [1.54, 1.807) is 0 Å². The summed E-state index contributed by atoms with van der Waals surface area (Å²) in [6.07, 6.45) is 3.28. The summed E-state index contributed by atoms with van der Waals surface area (Å²) in [5.41, 5.74) is 6.29. The molecular weight excluding hydrogens is 272 g/mol. The fraction of sp³-hybridized carbons (Fsp3) is 0.158. The van der Waals surface area contributed by atoms with Gasteiger partial charge in [-0.05, 0) is 41.5 Å².